The Morgan fingerprint density at radius 2 is 2.19 bits per heavy atom. The lowest BCUT2D eigenvalue weighted by Gasteiger charge is -2.16. The fraction of sp³-hybridized carbons (Fsp3) is 0.533. The SMILES string of the molecule is CC1(C)NC(=O)N(Cc2ccnc(OCC3CC3)c2)C1=O. The van der Waals surface area contributed by atoms with Crippen molar-refractivity contribution >= 4 is 11.9 Å². The molecule has 6 nitrogen and oxygen atoms in total. The number of carbonyl (C=O) groups is 2. The molecule has 3 amide bonds. The van der Waals surface area contributed by atoms with Crippen molar-refractivity contribution in [3.8, 4) is 5.88 Å². The van der Waals surface area contributed by atoms with E-state index in [4.69, 9.17) is 4.74 Å². The van der Waals surface area contributed by atoms with Crippen LogP contribution in [-0.2, 0) is 11.3 Å². The van der Waals surface area contributed by atoms with Crippen LogP contribution in [0.15, 0.2) is 18.3 Å². The van der Waals surface area contributed by atoms with Crippen molar-refractivity contribution < 1.29 is 14.3 Å². The molecule has 0 bridgehead atoms. The summed E-state index contributed by atoms with van der Waals surface area (Å²) in [6.45, 7) is 4.32. The number of amides is 3. The highest BCUT2D eigenvalue weighted by Crippen LogP contribution is 2.29. The molecule has 0 atom stereocenters. The van der Waals surface area contributed by atoms with Crippen LogP contribution in [0.25, 0.3) is 0 Å². The van der Waals surface area contributed by atoms with Crippen molar-refractivity contribution in [2.75, 3.05) is 6.61 Å². The molecule has 1 saturated carbocycles. The van der Waals surface area contributed by atoms with Crippen LogP contribution in [0.5, 0.6) is 5.88 Å². The third-order valence-corrected chi connectivity index (χ3v) is 3.75. The van der Waals surface area contributed by atoms with Crippen LogP contribution in [-0.4, -0.2) is 34.0 Å². The van der Waals surface area contributed by atoms with Crippen LogP contribution >= 0.6 is 0 Å². The van der Waals surface area contributed by atoms with Gasteiger partial charge in [0.2, 0.25) is 5.88 Å². The number of ether oxygens (including phenoxy) is 1. The molecule has 1 aromatic rings. The minimum absolute atomic E-state index is 0.218. The van der Waals surface area contributed by atoms with Crippen LogP contribution in [0, 0.1) is 5.92 Å². The number of rotatable bonds is 5. The number of pyridine rings is 1. The first kappa shape index (κ1) is 13.9. The molecule has 2 heterocycles. The van der Waals surface area contributed by atoms with Crippen LogP contribution in [0.4, 0.5) is 4.79 Å². The smallest absolute Gasteiger partial charge is 0.325 e. The zero-order chi connectivity index (χ0) is 15.0. The van der Waals surface area contributed by atoms with Crippen molar-refractivity contribution in [2.24, 2.45) is 5.92 Å². The molecule has 1 aliphatic carbocycles. The van der Waals surface area contributed by atoms with Gasteiger partial charge in [-0.2, -0.15) is 0 Å². The molecule has 0 radical (unpaired) electrons. The molecule has 6 heteroatoms. The van der Waals surface area contributed by atoms with Gasteiger partial charge in [-0.1, -0.05) is 0 Å². The summed E-state index contributed by atoms with van der Waals surface area (Å²) in [6, 6.07) is 3.21. The summed E-state index contributed by atoms with van der Waals surface area (Å²) in [5.74, 6) is 0.984. The van der Waals surface area contributed by atoms with Gasteiger partial charge in [0.05, 0.1) is 13.2 Å². The molecular weight excluding hydrogens is 270 g/mol. The lowest BCUT2D eigenvalue weighted by atomic mass is 10.1. The Morgan fingerprint density at radius 1 is 1.43 bits per heavy atom. The molecule has 1 aliphatic heterocycles. The van der Waals surface area contributed by atoms with Gasteiger partial charge in [0.25, 0.3) is 5.91 Å². The number of nitrogens with zero attached hydrogens (tertiary/aromatic N) is 2. The van der Waals surface area contributed by atoms with Crippen LogP contribution < -0.4 is 10.1 Å². The molecule has 0 unspecified atom stereocenters. The quantitative estimate of drug-likeness (QED) is 0.837. The fourth-order valence-corrected chi connectivity index (χ4v) is 2.26. The van der Waals surface area contributed by atoms with E-state index in [0.717, 1.165) is 5.56 Å². The first-order valence-electron chi connectivity index (χ1n) is 7.17. The van der Waals surface area contributed by atoms with Crippen LogP contribution in [0.3, 0.4) is 0 Å². The van der Waals surface area contributed by atoms with Gasteiger partial charge >= 0.3 is 6.03 Å². The molecule has 112 valence electrons. The van der Waals surface area contributed by atoms with E-state index < -0.39 is 5.54 Å². The van der Waals surface area contributed by atoms with Crippen molar-refractivity contribution in [2.45, 2.75) is 38.8 Å². The van der Waals surface area contributed by atoms with Crippen molar-refractivity contribution in [3.63, 3.8) is 0 Å². The number of hydrogen-bond acceptors (Lipinski definition) is 4. The Morgan fingerprint density at radius 3 is 2.81 bits per heavy atom. The van der Waals surface area contributed by atoms with Gasteiger partial charge < -0.3 is 10.1 Å². The van der Waals surface area contributed by atoms with Gasteiger partial charge in [-0.05, 0) is 44.2 Å². The van der Waals surface area contributed by atoms with Gasteiger partial charge in [-0.3, -0.25) is 9.69 Å². The third kappa shape index (κ3) is 2.99. The molecule has 1 saturated heterocycles. The molecule has 1 N–H and O–H groups in total. The van der Waals surface area contributed by atoms with Gasteiger partial charge in [-0.15, -0.1) is 0 Å². The summed E-state index contributed by atoms with van der Waals surface area (Å²) >= 11 is 0. The summed E-state index contributed by atoms with van der Waals surface area (Å²) in [7, 11) is 0. The van der Waals surface area contributed by atoms with Crippen LogP contribution in [0.2, 0.25) is 0 Å². The number of urea groups is 1. The predicted molar refractivity (Wildman–Crippen MR) is 75.6 cm³/mol. The lowest BCUT2D eigenvalue weighted by Crippen LogP contribution is -2.40. The Balaban J connectivity index is 1.68. The summed E-state index contributed by atoms with van der Waals surface area (Å²) in [6.07, 6.45) is 4.08. The maximum absolute atomic E-state index is 12.1. The zero-order valence-corrected chi connectivity index (χ0v) is 12.3. The van der Waals surface area contributed by atoms with E-state index in [1.54, 1.807) is 32.2 Å². The minimum Gasteiger partial charge on any atom is -0.477 e. The largest absolute Gasteiger partial charge is 0.477 e. The number of carbonyl (C=O) groups excluding carboxylic acids is 2. The molecule has 2 aliphatic rings. The monoisotopic (exact) mass is 289 g/mol. The van der Waals surface area contributed by atoms with Gasteiger partial charge in [-0.25, -0.2) is 9.78 Å². The number of aromatic nitrogens is 1. The highest BCUT2D eigenvalue weighted by Gasteiger charge is 2.44. The van der Waals surface area contributed by atoms with Gasteiger partial charge in [0, 0.05) is 12.3 Å². The Labute approximate surface area is 123 Å². The Bertz CT molecular complexity index is 581. The number of nitrogens with one attached hydrogen (secondary N) is 1. The molecule has 0 spiro atoms. The van der Waals surface area contributed by atoms with Crippen molar-refractivity contribution in [3.05, 3.63) is 23.9 Å². The number of imide groups is 1. The molecule has 1 aromatic heterocycles. The van der Waals surface area contributed by atoms with E-state index in [1.165, 1.54) is 17.7 Å². The average molecular weight is 289 g/mol. The second-order valence-corrected chi connectivity index (χ2v) is 6.20. The summed E-state index contributed by atoms with van der Waals surface area (Å²) in [5.41, 5.74) is -0.00733. The molecule has 2 fully saturated rings. The molecular formula is C15H19N3O3. The standard InChI is InChI=1S/C15H19N3O3/c1-15(2)13(19)18(14(20)17-15)8-11-5-6-16-12(7-11)21-9-10-3-4-10/h5-7,10H,3-4,8-9H2,1-2H3,(H,17,20). The van der Waals surface area contributed by atoms with Crippen LogP contribution in [0.1, 0.15) is 32.3 Å². The van der Waals surface area contributed by atoms with E-state index in [-0.39, 0.29) is 18.5 Å². The minimum atomic E-state index is -0.838. The molecule has 0 aromatic carbocycles. The van der Waals surface area contributed by atoms with E-state index in [9.17, 15) is 9.59 Å². The van der Waals surface area contributed by atoms with Crippen molar-refractivity contribution in [1.82, 2.24) is 15.2 Å². The second kappa shape index (κ2) is 5.02. The number of hydrogen-bond donors (Lipinski definition) is 1. The first-order valence-corrected chi connectivity index (χ1v) is 7.17. The lowest BCUT2D eigenvalue weighted by molar-refractivity contribution is -0.130. The fourth-order valence-electron chi connectivity index (χ4n) is 2.26. The summed E-state index contributed by atoms with van der Waals surface area (Å²) < 4.78 is 5.61. The van der Waals surface area contributed by atoms with E-state index >= 15 is 0 Å². The van der Waals surface area contributed by atoms with E-state index in [1.807, 2.05) is 0 Å². The predicted octanol–water partition coefficient (Wildman–Crippen LogP) is 1.70. The highest BCUT2D eigenvalue weighted by molar-refractivity contribution is 6.06. The van der Waals surface area contributed by atoms with Crippen molar-refractivity contribution in [1.29, 1.82) is 0 Å². The van der Waals surface area contributed by atoms with Gasteiger partial charge in [0.15, 0.2) is 0 Å². The summed E-state index contributed by atoms with van der Waals surface area (Å²) in [4.78, 5) is 29.4. The zero-order valence-electron chi connectivity index (χ0n) is 12.3. The van der Waals surface area contributed by atoms with E-state index in [0.29, 0.717) is 18.4 Å². The maximum atomic E-state index is 12.1. The summed E-state index contributed by atoms with van der Waals surface area (Å²) in [5, 5.41) is 2.67. The average Bonchev–Trinajstić information content (AvgIpc) is 3.22. The third-order valence-electron chi connectivity index (χ3n) is 3.75. The van der Waals surface area contributed by atoms with E-state index in [2.05, 4.69) is 10.3 Å². The normalized spacial score (nSPS) is 20.6. The molecule has 3 rings (SSSR count). The maximum Gasteiger partial charge on any atom is 0.325 e. The Kier molecular flexibility index (Phi) is 3.31. The topological polar surface area (TPSA) is 71.5 Å². The molecule has 21 heavy (non-hydrogen) atoms. The first-order chi connectivity index (χ1) is 9.95. The van der Waals surface area contributed by atoms with Gasteiger partial charge in [0.1, 0.15) is 5.54 Å². The second-order valence-electron chi connectivity index (χ2n) is 6.20. The Hall–Kier alpha value is -2.11. The highest BCUT2D eigenvalue weighted by atomic mass is 16.5.